The quantitative estimate of drug-likeness (QED) is 0.442. The molecule has 0 saturated heterocycles. The number of ether oxygens (including phenoxy) is 2. The number of nitrogens with one attached hydrogen (secondary N) is 1. The number of benzene rings is 2. The maximum atomic E-state index is 13.1. The molecule has 0 bridgehead atoms. The SMILES string of the molecule is O=C(/C=C/c1cccc(F)c1)NCc1ccc(OCCOc2ccccc2)nc1. The summed E-state index contributed by atoms with van der Waals surface area (Å²) < 4.78 is 24.2. The van der Waals surface area contributed by atoms with Crippen LogP contribution in [0.1, 0.15) is 11.1 Å². The van der Waals surface area contributed by atoms with Crippen molar-refractivity contribution in [3.05, 3.63) is 95.9 Å². The Morgan fingerprint density at radius 1 is 1.00 bits per heavy atom. The number of aromatic nitrogens is 1. The maximum absolute atomic E-state index is 13.1. The number of nitrogens with zero attached hydrogens (tertiary/aromatic N) is 1. The molecule has 0 aliphatic heterocycles. The van der Waals surface area contributed by atoms with Crippen LogP contribution < -0.4 is 14.8 Å². The molecule has 2 aromatic carbocycles. The molecule has 0 aliphatic rings. The van der Waals surface area contributed by atoms with E-state index in [1.807, 2.05) is 36.4 Å². The van der Waals surface area contributed by atoms with Gasteiger partial charge in [0.05, 0.1) is 0 Å². The van der Waals surface area contributed by atoms with Gasteiger partial charge in [0.1, 0.15) is 24.8 Å². The third kappa shape index (κ3) is 7.10. The molecule has 6 heteroatoms. The first-order chi connectivity index (χ1) is 14.2. The van der Waals surface area contributed by atoms with Crippen molar-refractivity contribution in [3.8, 4) is 11.6 Å². The van der Waals surface area contributed by atoms with Crippen LogP contribution in [0.3, 0.4) is 0 Å². The Kier molecular flexibility index (Phi) is 7.34. The average molecular weight is 392 g/mol. The molecule has 3 aromatic rings. The molecule has 29 heavy (non-hydrogen) atoms. The van der Waals surface area contributed by atoms with E-state index in [1.165, 1.54) is 18.2 Å². The molecule has 1 N–H and O–H groups in total. The molecule has 0 radical (unpaired) electrons. The molecule has 0 fully saturated rings. The highest BCUT2D eigenvalue weighted by molar-refractivity contribution is 5.91. The van der Waals surface area contributed by atoms with E-state index in [9.17, 15) is 9.18 Å². The second kappa shape index (κ2) is 10.6. The van der Waals surface area contributed by atoms with Crippen LogP contribution in [0.5, 0.6) is 11.6 Å². The Hall–Kier alpha value is -3.67. The van der Waals surface area contributed by atoms with Gasteiger partial charge in [0.25, 0.3) is 0 Å². The molecule has 3 rings (SSSR count). The highest BCUT2D eigenvalue weighted by Crippen LogP contribution is 2.10. The first-order valence-corrected chi connectivity index (χ1v) is 9.16. The van der Waals surface area contributed by atoms with E-state index < -0.39 is 0 Å². The molecular formula is C23H21FN2O3. The van der Waals surface area contributed by atoms with Gasteiger partial charge in [-0.25, -0.2) is 9.37 Å². The van der Waals surface area contributed by atoms with E-state index >= 15 is 0 Å². The fraction of sp³-hybridized carbons (Fsp3) is 0.130. The Morgan fingerprint density at radius 2 is 1.83 bits per heavy atom. The maximum Gasteiger partial charge on any atom is 0.244 e. The Bertz CT molecular complexity index is 944. The number of para-hydroxylation sites is 1. The van der Waals surface area contributed by atoms with E-state index in [0.717, 1.165) is 11.3 Å². The molecule has 0 aliphatic carbocycles. The van der Waals surface area contributed by atoms with Gasteiger partial charge in [0.15, 0.2) is 0 Å². The average Bonchev–Trinajstić information content (AvgIpc) is 2.75. The van der Waals surface area contributed by atoms with Crippen LogP contribution in [0, 0.1) is 5.82 Å². The Balaban J connectivity index is 1.38. The summed E-state index contributed by atoms with van der Waals surface area (Å²) in [5.41, 5.74) is 1.46. The second-order valence-electron chi connectivity index (χ2n) is 6.12. The van der Waals surface area contributed by atoms with Gasteiger partial charge < -0.3 is 14.8 Å². The minimum atomic E-state index is -0.340. The Morgan fingerprint density at radius 3 is 2.59 bits per heavy atom. The highest BCUT2D eigenvalue weighted by Gasteiger charge is 2.01. The van der Waals surface area contributed by atoms with Crippen molar-refractivity contribution >= 4 is 12.0 Å². The number of amides is 1. The lowest BCUT2D eigenvalue weighted by atomic mass is 10.2. The van der Waals surface area contributed by atoms with E-state index in [2.05, 4.69) is 10.3 Å². The van der Waals surface area contributed by atoms with Gasteiger partial charge in [0.2, 0.25) is 11.8 Å². The van der Waals surface area contributed by atoms with E-state index in [1.54, 1.807) is 30.5 Å². The monoisotopic (exact) mass is 392 g/mol. The number of carbonyl (C=O) groups excluding carboxylic acids is 1. The van der Waals surface area contributed by atoms with Crippen LogP contribution >= 0.6 is 0 Å². The minimum Gasteiger partial charge on any atom is -0.490 e. The standard InChI is InChI=1S/C23H21FN2O3/c24-20-6-4-5-18(15-20)9-11-22(27)25-16-19-10-12-23(26-17-19)29-14-13-28-21-7-2-1-3-8-21/h1-12,15,17H,13-14,16H2,(H,25,27)/b11-9+. The number of hydrogen-bond acceptors (Lipinski definition) is 4. The van der Waals surface area contributed by atoms with Crippen molar-refractivity contribution in [3.63, 3.8) is 0 Å². The van der Waals surface area contributed by atoms with E-state index in [0.29, 0.717) is 31.2 Å². The summed E-state index contributed by atoms with van der Waals surface area (Å²) in [5.74, 6) is 0.671. The topological polar surface area (TPSA) is 60.5 Å². The molecule has 0 spiro atoms. The zero-order chi connectivity index (χ0) is 20.3. The van der Waals surface area contributed by atoms with E-state index in [-0.39, 0.29) is 11.7 Å². The van der Waals surface area contributed by atoms with Gasteiger partial charge >= 0.3 is 0 Å². The van der Waals surface area contributed by atoms with Gasteiger partial charge in [-0.2, -0.15) is 0 Å². The predicted octanol–water partition coefficient (Wildman–Crippen LogP) is 4.01. The predicted molar refractivity (Wildman–Crippen MR) is 109 cm³/mol. The summed E-state index contributed by atoms with van der Waals surface area (Å²) in [4.78, 5) is 16.1. The van der Waals surface area contributed by atoms with Gasteiger partial charge in [0, 0.05) is 24.9 Å². The van der Waals surface area contributed by atoms with Gasteiger partial charge in [-0.15, -0.1) is 0 Å². The third-order valence-electron chi connectivity index (χ3n) is 3.89. The first-order valence-electron chi connectivity index (χ1n) is 9.16. The molecular weight excluding hydrogens is 371 g/mol. The van der Waals surface area contributed by atoms with Crippen molar-refractivity contribution in [2.75, 3.05) is 13.2 Å². The normalized spacial score (nSPS) is 10.7. The summed E-state index contributed by atoms with van der Waals surface area (Å²) in [7, 11) is 0. The van der Waals surface area contributed by atoms with Crippen molar-refractivity contribution in [2.24, 2.45) is 0 Å². The van der Waals surface area contributed by atoms with Gasteiger partial charge in [-0.3, -0.25) is 4.79 Å². The second-order valence-corrected chi connectivity index (χ2v) is 6.12. The number of pyridine rings is 1. The minimum absolute atomic E-state index is 0.271. The number of carbonyl (C=O) groups is 1. The van der Waals surface area contributed by atoms with Crippen LogP contribution in [0.15, 0.2) is 79.0 Å². The highest BCUT2D eigenvalue weighted by atomic mass is 19.1. The molecule has 0 saturated carbocycles. The van der Waals surface area contributed by atoms with Crippen molar-refractivity contribution in [1.82, 2.24) is 10.3 Å². The number of rotatable bonds is 9. The fourth-order valence-corrected chi connectivity index (χ4v) is 2.45. The summed E-state index contributed by atoms with van der Waals surface area (Å²) in [6.07, 6.45) is 4.57. The van der Waals surface area contributed by atoms with Crippen molar-refractivity contribution in [2.45, 2.75) is 6.54 Å². The van der Waals surface area contributed by atoms with Gasteiger partial charge in [-0.1, -0.05) is 36.4 Å². The summed E-state index contributed by atoms with van der Waals surface area (Å²) in [6.45, 7) is 1.13. The Labute approximate surface area is 168 Å². The van der Waals surface area contributed by atoms with Crippen LogP contribution in [-0.2, 0) is 11.3 Å². The van der Waals surface area contributed by atoms with Crippen molar-refractivity contribution in [1.29, 1.82) is 0 Å². The lowest BCUT2D eigenvalue weighted by molar-refractivity contribution is -0.116. The summed E-state index contributed by atoms with van der Waals surface area (Å²) in [5, 5.41) is 2.75. The molecule has 0 atom stereocenters. The van der Waals surface area contributed by atoms with Crippen LogP contribution in [0.4, 0.5) is 4.39 Å². The smallest absolute Gasteiger partial charge is 0.244 e. The largest absolute Gasteiger partial charge is 0.490 e. The van der Waals surface area contributed by atoms with E-state index in [4.69, 9.17) is 9.47 Å². The molecule has 148 valence electrons. The molecule has 5 nitrogen and oxygen atoms in total. The summed E-state index contributed by atoms with van der Waals surface area (Å²) >= 11 is 0. The number of halogens is 1. The molecule has 1 amide bonds. The molecule has 1 heterocycles. The van der Waals surface area contributed by atoms with Crippen LogP contribution in [0.2, 0.25) is 0 Å². The third-order valence-corrected chi connectivity index (χ3v) is 3.89. The van der Waals surface area contributed by atoms with Crippen LogP contribution in [-0.4, -0.2) is 24.1 Å². The zero-order valence-corrected chi connectivity index (χ0v) is 15.8. The fourth-order valence-electron chi connectivity index (χ4n) is 2.45. The molecule has 1 aromatic heterocycles. The van der Waals surface area contributed by atoms with Gasteiger partial charge in [-0.05, 0) is 41.5 Å². The zero-order valence-electron chi connectivity index (χ0n) is 15.8. The lowest BCUT2D eigenvalue weighted by Gasteiger charge is -2.08. The number of hydrogen-bond donors (Lipinski definition) is 1. The van der Waals surface area contributed by atoms with Crippen molar-refractivity contribution < 1.29 is 18.7 Å². The lowest BCUT2D eigenvalue weighted by Crippen LogP contribution is -2.20. The summed E-state index contributed by atoms with van der Waals surface area (Å²) in [6, 6.07) is 19.1. The molecule has 0 unspecified atom stereocenters. The van der Waals surface area contributed by atoms with Crippen LogP contribution in [0.25, 0.3) is 6.08 Å². The first kappa shape index (κ1) is 20.1.